The fourth-order valence-corrected chi connectivity index (χ4v) is 6.24. The lowest BCUT2D eigenvalue weighted by atomic mass is 10.1. The molecule has 1 aliphatic heterocycles. The molecule has 5 aromatic rings. The number of anilines is 1. The van der Waals surface area contributed by atoms with Crippen molar-refractivity contribution in [1.29, 1.82) is 0 Å². The predicted octanol–water partition coefficient (Wildman–Crippen LogP) is 6.17. The zero-order chi connectivity index (χ0) is 28.8. The van der Waals surface area contributed by atoms with Gasteiger partial charge in [-0.15, -0.1) is 11.3 Å². The van der Waals surface area contributed by atoms with E-state index in [1.165, 1.54) is 11.3 Å². The first-order valence-electron chi connectivity index (χ1n) is 12.8. The van der Waals surface area contributed by atoms with Crippen LogP contribution in [0, 0.1) is 6.92 Å². The highest BCUT2D eigenvalue weighted by Crippen LogP contribution is 2.33. The van der Waals surface area contributed by atoms with E-state index in [-0.39, 0.29) is 22.9 Å². The molecule has 0 atom stereocenters. The number of carbonyl (C=O) groups excluding carboxylic acids is 1. The Bertz CT molecular complexity index is 1980. The number of hydrogen-bond acceptors (Lipinski definition) is 5. The highest BCUT2D eigenvalue weighted by Gasteiger charge is 2.33. The van der Waals surface area contributed by atoms with Crippen molar-refractivity contribution in [3.63, 3.8) is 0 Å². The Morgan fingerprint density at radius 3 is 2.39 bits per heavy atom. The van der Waals surface area contributed by atoms with Crippen LogP contribution in [0.4, 0.5) is 11.4 Å². The zero-order valence-corrected chi connectivity index (χ0v) is 24.7. The molecule has 6 rings (SSSR count). The molecular formula is C30H24Cl2N6O2S. The van der Waals surface area contributed by atoms with Gasteiger partial charge in [0.05, 0.1) is 27.8 Å². The number of likely N-dealkylation sites (N-methyl/N-ethyl adjacent to an activating group) is 1. The molecule has 0 saturated carbocycles. The third kappa shape index (κ3) is 4.56. The number of thiazole rings is 1. The van der Waals surface area contributed by atoms with Gasteiger partial charge < -0.3 is 4.90 Å². The Labute approximate surface area is 249 Å². The number of carbonyl (C=O) groups is 1. The maximum absolute atomic E-state index is 13.6. The van der Waals surface area contributed by atoms with Gasteiger partial charge in [0.2, 0.25) is 4.80 Å². The molecule has 2 aromatic heterocycles. The molecule has 3 heterocycles. The number of rotatable bonds is 5. The van der Waals surface area contributed by atoms with Crippen LogP contribution in [0.25, 0.3) is 16.9 Å². The van der Waals surface area contributed by atoms with Gasteiger partial charge >= 0.3 is 0 Å². The van der Waals surface area contributed by atoms with Crippen molar-refractivity contribution in [1.82, 2.24) is 14.0 Å². The Kier molecular flexibility index (Phi) is 7.03. The number of aromatic nitrogens is 3. The lowest BCUT2D eigenvalue weighted by Crippen LogP contribution is -2.30. The Hall–Kier alpha value is -4.18. The Morgan fingerprint density at radius 1 is 0.927 bits per heavy atom. The van der Waals surface area contributed by atoms with E-state index in [9.17, 15) is 9.59 Å². The molecule has 41 heavy (non-hydrogen) atoms. The molecule has 8 nitrogen and oxygen atoms in total. The molecule has 0 radical (unpaired) electrons. The molecule has 11 heteroatoms. The number of hydrogen-bond donors (Lipinski definition) is 0. The van der Waals surface area contributed by atoms with Crippen LogP contribution < -0.4 is 15.3 Å². The van der Waals surface area contributed by atoms with Crippen LogP contribution >= 0.6 is 34.5 Å². The molecule has 0 fully saturated rings. The Balaban J connectivity index is 1.62. The van der Waals surface area contributed by atoms with Gasteiger partial charge in [-0.1, -0.05) is 59.6 Å². The molecular weight excluding hydrogens is 579 g/mol. The van der Waals surface area contributed by atoms with Crippen LogP contribution in [0.2, 0.25) is 10.0 Å². The smallest absolute Gasteiger partial charge is 0.297 e. The van der Waals surface area contributed by atoms with Crippen LogP contribution in [-0.4, -0.2) is 32.2 Å². The van der Waals surface area contributed by atoms with Crippen molar-refractivity contribution in [3.8, 4) is 16.9 Å². The normalized spacial score (nSPS) is 14.4. The summed E-state index contributed by atoms with van der Waals surface area (Å²) in [5.74, 6) is -0.214. The molecule has 0 N–H and O–H groups in total. The molecule has 206 valence electrons. The summed E-state index contributed by atoms with van der Waals surface area (Å²) in [6.45, 7) is 4.26. The van der Waals surface area contributed by atoms with Crippen LogP contribution in [0.1, 0.15) is 18.2 Å². The van der Waals surface area contributed by atoms with Crippen molar-refractivity contribution >= 4 is 57.5 Å². The first-order valence-corrected chi connectivity index (χ1v) is 14.5. The molecule has 0 saturated heterocycles. The molecule has 1 amide bonds. The van der Waals surface area contributed by atoms with E-state index in [4.69, 9.17) is 33.3 Å². The van der Waals surface area contributed by atoms with Crippen LogP contribution in [0.5, 0.6) is 0 Å². The second kappa shape index (κ2) is 10.7. The largest absolute Gasteiger partial charge is 0.307 e. The van der Waals surface area contributed by atoms with Crippen LogP contribution in [0.3, 0.4) is 0 Å². The van der Waals surface area contributed by atoms with E-state index < -0.39 is 0 Å². The standard InChI is InChI=1S/C30H24Cl2N6O2S/c1-4-36-24-13-9-8-12-22(24)27(28(36)39)34-37-25(21-15-14-19(31)16-23(21)32)17-41-30(37)33-26-18(2)35(3)38(29(26)40)20-10-6-5-7-11-20/h5-17H,4H2,1-3H3. The van der Waals surface area contributed by atoms with Gasteiger partial charge in [-0.2, -0.15) is 5.10 Å². The SMILES string of the molecule is CCN1C(=O)C(=Nn2c(-c3ccc(Cl)cc3Cl)csc2=Nc2c(C)n(C)n(-c3ccccc3)c2=O)c2ccccc21. The number of fused-ring (bicyclic) bond motifs is 1. The first-order chi connectivity index (χ1) is 19.8. The minimum absolute atomic E-state index is 0.214. The third-order valence-electron chi connectivity index (χ3n) is 7.04. The first kappa shape index (κ1) is 27.0. The highest BCUT2D eigenvalue weighted by molar-refractivity contribution is 7.07. The minimum Gasteiger partial charge on any atom is -0.307 e. The van der Waals surface area contributed by atoms with Gasteiger partial charge in [-0.05, 0) is 50.2 Å². The van der Waals surface area contributed by atoms with E-state index in [1.807, 2.05) is 80.9 Å². The number of para-hydroxylation sites is 2. The summed E-state index contributed by atoms with van der Waals surface area (Å²) in [6.07, 6.45) is 0. The average molecular weight is 604 g/mol. The molecule has 0 bridgehead atoms. The highest BCUT2D eigenvalue weighted by atomic mass is 35.5. The number of nitrogens with zero attached hydrogens (tertiary/aromatic N) is 6. The van der Waals surface area contributed by atoms with E-state index in [1.54, 1.807) is 37.1 Å². The molecule has 0 aliphatic carbocycles. The number of halogens is 2. The van der Waals surface area contributed by atoms with E-state index in [2.05, 4.69) is 0 Å². The summed E-state index contributed by atoms with van der Waals surface area (Å²) in [4.78, 5) is 34.1. The van der Waals surface area contributed by atoms with Crippen molar-refractivity contribution in [2.24, 2.45) is 17.1 Å². The van der Waals surface area contributed by atoms with Crippen LogP contribution in [-0.2, 0) is 11.8 Å². The maximum Gasteiger partial charge on any atom is 0.297 e. The third-order valence-corrected chi connectivity index (χ3v) is 8.40. The van der Waals surface area contributed by atoms with Gasteiger partial charge in [0.1, 0.15) is 0 Å². The van der Waals surface area contributed by atoms with Crippen LogP contribution in [0.15, 0.2) is 93.1 Å². The molecule has 0 unspecified atom stereocenters. The fourth-order valence-electron chi connectivity index (χ4n) is 4.91. The van der Waals surface area contributed by atoms with Gasteiger partial charge in [0.15, 0.2) is 11.4 Å². The van der Waals surface area contributed by atoms with Crippen molar-refractivity contribution in [2.75, 3.05) is 11.4 Å². The summed E-state index contributed by atoms with van der Waals surface area (Å²) < 4.78 is 4.93. The summed E-state index contributed by atoms with van der Waals surface area (Å²) >= 11 is 14.1. The van der Waals surface area contributed by atoms with E-state index in [0.717, 1.165) is 16.9 Å². The van der Waals surface area contributed by atoms with Crippen molar-refractivity contribution in [2.45, 2.75) is 13.8 Å². The van der Waals surface area contributed by atoms with Gasteiger partial charge in [-0.25, -0.2) is 14.4 Å². The summed E-state index contributed by atoms with van der Waals surface area (Å²) in [5.41, 5.74) is 4.48. The van der Waals surface area contributed by atoms with E-state index in [0.29, 0.717) is 38.3 Å². The average Bonchev–Trinajstić information content (AvgIpc) is 3.55. The molecule has 1 aliphatic rings. The fraction of sp³-hybridized carbons (Fsp3) is 0.133. The minimum atomic E-state index is -0.269. The van der Waals surface area contributed by atoms with Crippen molar-refractivity contribution < 1.29 is 4.79 Å². The summed E-state index contributed by atoms with van der Waals surface area (Å²) in [7, 11) is 1.82. The monoisotopic (exact) mass is 602 g/mol. The van der Waals surface area contributed by atoms with Crippen molar-refractivity contribution in [3.05, 3.63) is 115 Å². The molecule has 0 spiro atoms. The summed E-state index contributed by atoms with van der Waals surface area (Å²) in [5, 5.41) is 7.65. The number of amides is 1. The maximum atomic E-state index is 13.6. The summed E-state index contributed by atoms with van der Waals surface area (Å²) in [6, 6.07) is 22.1. The number of benzene rings is 3. The zero-order valence-electron chi connectivity index (χ0n) is 22.4. The van der Waals surface area contributed by atoms with Gasteiger partial charge in [0, 0.05) is 35.1 Å². The van der Waals surface area contributed by atoms with Gasteiger partial charge in [-0.3, -0.25) is 14.3 Å². The second-order valence-electron chi connectivity index (χ2n) is 9.38. The quantitative estimate of drug-likeness (QED) is 0.241. The van der Waals surface area contributed by atoms with Gasteiger partial charge in [0.25, 0.3) is 11.5 Å². The second-order valence-corrected chi connectivity index (χ2v) is 11.1. The topological polar surface area (TPSA) is 76.9 Å². The Morgan fingerprint density at radius 2 is 1.66 bits per heavy atom. The molecule has 3 aromatic carbocycles. The lowest BCUT2D eigenvalue weighted by Gasteiger charge is -2.13. The lowest BCUT2D eigenvalue weighted by molar-refractivity contribution is -0.112. The van der Waals surface area contributed by atoms with E-state index >= 15 is 0 Å². The predicted molar refractivity (Wildman–Crippen MR) is 165 cm³/mol.